The van der Waals surface area contributed by atoms with Gasteiger partial charge in [0.25, 0.3) is 0 Å². The summed E-state index contributed by atoms with van der Waals surface area (Å²) < 4.78 is 6.84. The molecule has 0 spiro atoms. The molecule has 9 aromatic carbocycles. The fraction of sp³-hybridized carbons (Fsp3) is 0.156. The summed E-state index contributed by atoms with van der Waals surface area (Å²) in [4.78, 5) is 4.92. The molecule has 0 N–H and O–H groups in total. The summed E-state index contributed by atoms with van der Waals surface area (Å²) in [6, 6.07) is 71.0. The van der Waals surface area contributed by atoms with Crippen LogP contribution in [-0.4, -0.2) is 6.04 Å². The predicted molar refractivity (Wildman–Crippen MR) is 287 cm³/mol. The van der Waals surface area contributed by atoms with Gasteiger partial charge < -0.3 is 14.2 Å². The largest absolute Gasteiger partial charge is 0.456 e. The van der Waals surface area contributed by atoms with Crippen LogP contribution in [0.15, 0.2) is 222 Å². The van der Waals surface area contributed by atoms with E-state index in [0.29, 0.717) is 0 Å². The summed E-state index contributed by atoms with van der Waals surface area (Å²) in [7, 11) is 0. The van der Waals surface area contributed by atoms with Crippen molar-refractivity contribution < 1.29 is 4.42 Å². The quantitative estimate of drug-likeness (QED) is 0.152. The van der Waals surface area contributed by atoms with Crippen molar-refractivity contribution in [1.29, 1.82) is 0 Å². The maximum absolute atomic E-state index is 6.84. The maximum atomic E-state index is 6.84. The lowest BCUT2D eigenvalue weighted by atomic mass is 9.82. The van der Waals surface area contributed by atoms with E-state index in [-0.39, 0.29) is 16.9 Å². The number of benzene rings is 9. The fourth-order valence-electron chi connectivity index (χ4n) is 10.0. The summed E-state index contributed by atoms with van der Waals surface area (Å²) in [6.07, 6.45) is 8.08. The number of nitrogens with zero attached hydrogens (tertiary/aromatic N) is 2. The third-order valence-corrected chi connectivity index (χ3v) is 13.6. The Bertz CT molecular complexity index is 3510. The highest BCUT2D eigenvalue weighted by Gasteiger charge is 2.26. The van der Waals surface area contributed by atoms with E-state index in [2.05, 4.69) is 264 Å². The lowest BCUT2D eigenvalue weighted by molar-refractivity contribution is 0.510. The molecule has 1 heterocycles. The number of rotatable bonds is 8. The molecule has 1 aromatic heterocycles. The summed E-state index contributed by atoms with van der Waals surface area (Å²) in [5.41, 5.74) is 15.0. The van der Waals surface area contributed by atoms with Crippen molar-refractivity contribution in [3.8, 4) is 22.3 Å². The maximum Gasteiger partial charge on any atom is 0.136 e. The summed E-state index contributed by atoms with van der Waals surface area (Å²) in [6.45, 7) is 13.7. The van der Waals surface area contributed by atoms with Crippen molar-refractivity contribution in [2.45, 2.75) is 59.4 Å². The van der Waals surface area contributed by atoms with Crippen LogP contribution in [0.2, 0.25) is 0 Å². The lowest BCUT2D eigenvalue weighted by Crippen LogP contribution is -2.31. The first-order chi connectivity index (χ1) is 32.5. The van der Waals surface area contributed by atoms with Gasteiger partial charge in [-0.2, -0.15) is 0 Å². The Balaban J connectivity index is 1.01. The van der Waals surface area contributed by atoms with Crippen LogP contribution in [0.1, 0.15) is 53.5 Å². The van der Waals surface area contributed by atoms with Crippen molar-refractivity contribution in [2.75, 3.05) is 9.80 Å². The van der Waals surface area contributed by atoms with E-state index >= 15 is 0 Å². The first-order valence-corrected chi connectivity index (χ1v) is 23.7. The molecule has 0 saturated heterocycles. The summed E-state index contributed by atoms with van der Waals surface area (Å²) in [5, 5.41) is 6.88. The van der Waals surface area contributed by atoms with E-state index in [1.807, 2.05) is 0 Å². The van der Waals surface area contributed by atoms with Gasteiger partial charge in [0.1, 0.15) is 11.2 Å². The minimum absolute atomic E-state index is 0.0521. The van der Waals surface area contributed by atoms with E-state index in [0.717, 1.165) is 61.9 Å². The van der Waals surface area contributed by atoms with Gasteiger partial charge in [0.05, 0.1) is 11.7 Å². The monoisotopic (exact) mass is 868 g/mol. The van der Waals surface area contributed by atoms with Crippen LogP contribution in [0, 0.1) is 5.41 Å². The van der Waals surface area contributed by atoms with Gasteiger partial charge in [0, 0.05) is 44.6 Å². The average Bonchev–Trinajstić information content (AvgIpc) is 3.69. The molecule has 10 aromatic rings. The Morgan fingerprint density at radius 2 is 0.955 bits per heavy atom. The number of fused-ring (bicyclic) bond motifs is 5. The molecule has 0 saturated carbocycles. The van der Waals surface area contributed by atoms with E-state index in [4.69, 9.17) is 4.42 Å². The molecular formula is C64H56N2O. The molecule has 0 bridgehead atoms. The van der Waals surface area contributed by atoms with Crippen LogP contribution >= 0.6 is 0 Å². The zero-order chi connectivity index (χ0) is 45.9. The highest BCUT2D eigenvalue weighted by molar-refractivity contribution is 6.14. The molecule has 0 fully saturated rings. The van der Waals surface area contributed by atoms with Gasteiger partial charge >= 0.3 is 0 Å². The van der Waals surface area contributed by atoms with Crippen LogP contribution in [0.4, 0.5) is 28.4 Å². The Labute approximate surface area is 394 Å². The van der Waals surface area contributed by atoms with Crippen molar-refractivity contribution in [3.05, 3.63) is 223 Å². The molecule has 1 unspecified atom stereocenters. The number of para-hydroxylation sites is 2. The zero-order valence-corrected chi connectivity index (χ0v) is 39.3. The smallest absolute Gasteiger partial charge is 0.136 e. The third-order valence-electron chi connectivity index (χ3n) is 13.6. The molecule has 0 aliphatic heterocycles. The molecular weight excluding hydrogens is 813 g/mol. The number of allylic oxidation sites excluding steroid dienone is 2. The molecule has 1 aliphatic rings. The van der Waals surface area contributed by atoms with E-state index in [1.54, 1.807) is 0 Å². The molecule has 1 atom stereocenters. The molecule has 0 amide bonds. The average molecular weight is 869 g/mol. The van der Waals surface area contributed by atoms with Gasteiger partial charge in [-0.1, -0.05) is 181 Å². The van der Waals surface area contributed by atoms with E-state index in [9.17, 15) is 0 Å². The second-order valence-electron chi connectivity index (χ2n) is 20.2. The van der Waals surface area contributed by atoms with Gasteiger partial charge in [-0.15, -0.1) is 0 Å². The standard InChI is InChI=1S/C64H56N2O/c1-63(2,3)49-27-33-51(34-28-49)65(59-23-15-13-21-55(59)43-17-9-7-10-18-43)53-31-25-45-39-57-58-40-46-26-32-54(38-48(46)42-62(58)67-61(57)41-47(45)37-53)66(52-35-29-50(30-36-52)64(4,5)6)60-24-16-14-22-56(60)44-19-11-8-12-20-44/h7-35,37-42,52H,36H2,1-6H3. The molecule has 67 heavy (non-hydrogen) atoms. The van der Waals surface area contributed by atoms with E-state index in [1.165, 1.54) is 49.9 Å². The lowest BCUT2D eigenvalue weighted by Gasteiger charge is -2.36. The highest BCUT2D eigenvalue weighted by atomic mass is 16.3. The van der Waals surface area contributed by atoms with Gasteiger partial charge in [0.2, 0.25) is 0 Å². The normalized spacial score (nSPS) is 14.2. The first-order valence-electron chi connectivity index (χ1n) is 23.7. The molecule has 0 radical (unpaired) electrons. The SMILES string of the molecule is CC(C)(C)C1=CCC(N(c2ccc3cc4c(cc3c2)oc2cc3cc(N(c5ccc(C(C)(C)C)cc5)c5ccccc5-c5ccccc5)ccc3cc24)c2ccccc2-c2ccccc2)C=C1. The number of furan rings is 1. The number of hydrogen-bond acceptors (Lipinski definition) is 3. The molecule has 328 valence electrons. The second-order valence-corrected chi connectivity index (χ2v) is 20.2. The molecule has 11 rings (SSSR count). The van der Waals surface area contributed by atoms with Crippen molar-refractivity contribution in [1.82, 2.24) is 0 Å². The highest BCUT2D eigenvalue weighted by Crippen LogP contribution is 2.45. The fourth-order valence-corrected chi connectivity index (χ4v) is 10.0. The minimum Gasteiger partial charge on any atom is -0.456 e. The van der Waals surface area contributed by atoms with Gasteiger partial charge in [-0.05, 0) is 134 Å². The third kappa shape index (κ3) is 7.99. The van der Waals surface area contributed by atoms with Crippen LogP contribution in [-0.2, 0) is 5.41 Å². The summed E-state index contributed by atoms with van der Waals surface area (Å²) in [5.74, 6) is 0. The van der Waals surface area contributed by atoms with Gasteiger partial charge in [-0.3, -0.25) is 0 Å². The number of hydrogen-bond donors (Lipinski definition) is 0. The van der Waals surface area contributed by atoms with E-state index < -0.39 is 0 Å². The zero-order valence-electron chi connectivity index (χ0n) is 39.3. The van der Waals surface area contributed by atoms with Crippen LogP contribution in [0.5, 0.6) is 0 Å². The molecule has 3 nitrogen and oxygen atoms in total. The second kappa shape index (κ2) is 16.7. The summed E-state index contributed by atoms with van der Waals surface area (Å²) >= 11 is 0. The Morgan fingerprint density at radius 3 is 1.51 bits per heavy atom. The minimum atomic E-state index is 0.0521. The van der Waals surface area contributed by atoms with Crippen molar-refractivity contribution in [3.63, 3.8) is 0 Å². The molecule has 1 aliphatic carbocycles. The van der Waals surface area contributed by atoms with Crippen LogP contribution < -0.4 is 9.80 Å². The Kier molecular flexibility index (Phi) is 10.5. The van der Waals surface area contributed by atoms with Crippen LogP contribution in [0.25, 0.3) is 65.7 Å². The van der Waals surface area contributed by atoms with Crippen molar-refractivity contribution in [2.24, 2.45) is 5.41 Å². The van der Waals surface area contributed by atoms with Gasteiger partial charge in [0.15, 0.2) is 0 Å². The predicted octanol–water partition coefficient (Wildman–Crippen LogP) is 18.4. The Morgan fingerprint density at radius 1 is 0.448 bits per heavy atom. The van der Waals surface area contributed by atoms with Crippen molar-refractivity contribution >= 4 is 71.9 Å². The first kappa shape index (κ1) is 42.0. The Hall–Kier alpha value is -7.62. The molecule has 3 heteroatoms. The van der Waals surface area contributed by atoms with Crippen LogP contribution in [0.3, 0.4) is 0 Å². The van der Waals surface area contributed by atoms with Gasteiger partial charge in [-0.25, -0.2) is 0 Å². The number of anilines is 5. The topological polar surface area (TPSA) is 19.6 Å².